The van der Waals surface area contributed by atoms with Gasteiger partial charge in [-0.1, -0.05) is 48.5 Å². The van der Waals surface area contributed by atoms with Crippen molar-refractivity contribution < 1.29 is 4.74 Å². The van der Waals surface area contributed by atoms with E-state index in [4.69, 9.17) is 10.5 Å². The van der Waals surface area contributed by atoms with Gasteiger partial charge in [-0.3, -0.25) is 4.68 Å². The van der Waals surface area contributed by atoms with Crippen molar-refractivity contribution in [2.24, 2.45) is 10.7 Å². The third kappa shape index (κ3) is 4.28. The van der Waals surface area contributed by atoms with Gasteiger partial charge >= 0.3 is 0 Å². The van der Waals surface area contributed by atoms with E-state index >= 15 is 0 Å². The fourth-order valence-corrected chi connectivity index (χ4v) is 3.24. The Kier molecular flexibility index (Phi) is 5.05. The van der Waals surface area contributed by atoms with Crippen molar-refractivity contribution in [1.82, 2.24) is 15.1 Å². The van der Waals surface area contributed by atoms with Crippen LogP contribution in [0.3, 0.4) is 0 Å². The van der Waals surface area contributed by atoms with Gasteiger partial charge in [-0.05, 0) is 11.6 Å². The lowest BCUT2D eigenvalue weighted by Gasteiger charge is -2.26. The molecule has 1 aliphatic rings. The number of nitrogens with zero attached hydrogens (tertiary/aromatic N) is 3. The quantitative estimate of drug-likeness (QED) is 0.541. The summed E-state index contributed by atoms with van der Waals surface area (Å²) in [5, 5.41) is 7.72. The van der Waals surface area contributed by atoms with Crippen LogP contribution < -0.4 is 15.8 Å². The number of aromatic nitrogens is 2. The fraction of sp³-hybridized carbons (Fsp3) is 0.238. The lowest BCUT2D eigenvalue weighted by molar-refractivity contribution is 0.262. The number of aliphatic imine (C=N–C) groups is 1. The number of nitrogens with one attached hydrogen (secondary N) is 1. The summed E-state index contributed by atoms with van der Waals surface area (Å²) in [5.41, 5.74) is 9.48. The Hall–Kier alpha value is -3.28. The largest absolute Gasteiger partial charge is 0.493 e. The van der Waals surface area contributed by atoms with Gasteiger partial charge in [0.2, 0.25) is 0 Å². The third-order valence-corrected chi connectivity index (χ3v) is 4.59. The highest BCUT2D eigenvalue weighted by Crippen LogP contribution is 2.31. The summed E-state index contributed by atoms with van der Waals surface area (Å²) in [7, 11) is 0. The van der Waals surface area contributed by atoms with Crippen LogP contribution in [0.25, 0.3) is 0 Å². The van der Waals surface area contributed by atoms with Crippen LogP contribution in [0.2, 0.25) is 0 Å². The predicted molar refractivity (Wildman–Crippen MR) is 106 cm³/mol. The van der Waals surface area contributed by atoms with E-state index in [-0.39, 0.29) is 6.04 Å². The smallest absolute Gasteiger partial charge is 0.189 e. The second kappa shape index (κ2) is 7.95. The van der Waals surface area contributed by atoms with Crippen LogP contribution >= 0.6 is 0 Å². The van der Waals surface area contributed by atoms with Crippen LogP contribution in [0.15, 0.2) is 72.0 Å². The lowest BCUT2D eigenvalue weighted by atomic mass is 10.0. The van der Waals surface area contributed by atoms with Crippen molar-refractivity contribution in [3.05, 3.63) is 83.7 Å². The maximum atomic E-state index is 6.11. The molecule has 2 heterocycles. The number of hydrogen-bond acceptors (Lipinski definition) is 3. The van der Waals surface area contributed by atoms with Crippen molar-refractivity contribution in [2.75, 3.05) is 6.61 Å². The summed E-state index contributed by atoms with van der Waals surface area (Å²) in [6.07, 6.45) is 4.71. The standard InChI is InChI=1S/C21H23N5O/c22-21(25-19-10-11-27-20-9-5-4-8-18(19)20)23-12-17-13-24-26(15-17)14-16-6-2-1-3-7-16/h1-9,13,15,19H,10-12,14H2,(H3,22,23,25). The number of rotatable bonds is 5. The number of fused-ring (bicyclic) bond motifs is 1. The Balaban J connectivity index is 1.36. The molecule has 0 bridgehead atoms. The molecule has 6 heteroatoms. The average molecular weight is 361 g/mol. The van der Waals surface area contributed by atoms with Crippen molar-refractivity contribution in [1.29, 1.82) is 0 Å². The van der Waals surface area contributed by atoms with Gasteiger partial charge in [0.05, 0.1) is 31.9 Å². The molecule has 1 aliphatic heterocycles. The first-order valence-corrected chi connectivity index (χ1v) is 9.11. The molecule has 138 valence electrons. The third-order valence-electron chi connectivity index (χ3n) is 4.59. The molecule has 0 fully saturated rings. The van der Waals surface area contributed by atoms with Crippen molar-refractivity contribution in [3.63, 3.8) is 0 Å². The Morgan fingerprint density at radius 2 is 1.96 bits per heavy atom. The van der Waals surface area contributed by atoms with Crippen molar-refractivity contribution in [3.8, 4) is 5.75 Å². The zero-order chi connectivity index (χ0) is 18.5. The highest BCUT2D eigenvalue weighted by atomic mass is 16.5. The Bertz CT molecular complexity index is 919. The number of guanidine groups is 1. The van der Waals surface area contributed by atoms with Gasteiger partial charge in [-0.15, -0.1) is 0 Å². The predicted octanol–water partition coefficient (Wildman–Crippen LogP) is 2.86. The van der Waals surface area contributed by atoms with E-state index in [0.717, 1.165) is 29.8 Å². The minimum absolute atomic E-state index is 0.125. The Labute approximate surface area is 158 Å². The molecule has 0 aliphatic carbocycles. The first kappa shape index (κ1) is 17.1. The summed E-state index contributed by atoms with van der Waals surface area (Å²) in [6.45, 7) is 1.92. The van der Waals surface area contributed by atoms with Crippen molar-refractivity contribution >= 4 is 5.96 Å². The maximum absolute atomic E-state index is 6.11. The summed E-state index contributed by atoms with van der Waals surface area (Å²) in [5.74, 6) is 1.35. The van der Waals surface area contributed by atoms with Gasteiger partial charge in [-0.25, -0.2) is 4.99 Å². The summed E-state index contributed by atoms with van der Waals surface area (Å²) < 4.78 is 7.60. The number of para-hydroxylation sites is 1. The molecule has 0 saturated carbocycles. The van der Waals surface area contributed by atoms with E-state index in [1.54, 1.807) is 0 Å². The normalized spacial score (nSPS) is 16.4. The zero-order valence-corrected chi connectivity index (χ0v) is 15.1. The summed E-state index contributed by atoms with van der Waals surface area (Å²) in [4.78, 5) is 4.47. The molecule has 1 unspecified atom stereocenters. The van der Waals surface area contributed by atoms with Crippen LogP contribution in [0.1, 0.15) is 29.2 Å². The molecule has 0 radical (unpaired) electrons. The van der Waals surface area contributed by atoms with E-state index in [0.29, 0.717) is 19.1 Å². The first-order valence-electron chi connectivity index (χ1n) is 9.11. The monoisotopic (exact) mass is 361 g/mol. The molecule has 3 aromatic rings. The molecular formula is C21H23N5O. The van der Waals surface area contributed by atoms with Gasteiger partial charge in [0.15, 0.2) is 5.96 Å². The van der Waals surface area contributed by atoms with Gasteiger partial charge < -0.3 is 15.8 Å². The number of nitrogens with two attached hydrogens (primary N) is 1. The molecule has 0 amide bonds. The molecule has 27 heavy (non-hydrogen) atoms. The SMILES string of the molecule is NC(=NCc1cnn(Cc2ccccc2)c1)NC1CCOc2ccccc21. The zero-order valence-electron chi connectivity index (χ0n) is 15.1. The topological polar surface area (TPSA) is 77.5 Å². The summed E-state index contributed by atoms with van der Waals surface area (Å²) in [6, 6.07) is 18.4. The van der Waals surface area contributed by atoms with Crippen LogP contribution in [0.4, 0.5) is 0 Å². The molecule has 2 aromatic carbocycles. The second-order valence-corrected chi connectivity index (χ2v) is 6.61. The summed E-state index contributed by atoms with van der Waals surface area (Å²) >= 11 is 0. The highest BCUT2D eigenvalue weighted by molar-refractivity contribution is 5.78. The van der Waals surface area contributed by atoms with Gasteiger partial charge in [0.25, 0.3) is 0 Å². The molecule has 4 rings (SSSR count). The van der Waals surface area contributed by atoms with Crippen LogP contribution in [0, 0.1) is 0 Å². The van der Waals surface area contributed by atoms with E-state index in [9.17, 15) is 0 Å². The van der Waals surface area contributed by atoms with Gasteiger partial charge in [-0.2, -0.15) is 5.10 Å². The molecule has 0 spiro atoms. The van der Waals surface area contributed by atoms with Crippen LogP contribution in [0.5, 0.6) is 5.75 Å². The molecule has 1 aromatic heterocycles. The molecule has 1 atom stereocenters. The number of hydrogen-bond donors (Lipinski definition) is 2. The van der Waals surface area contributed by atoms with E-state index in [2.05, 4.69) is 33.6 Å². The first-order chi connectivity index (χ1) is 13.3. The second-order valence-electron chi connectivity index (χ2n) is 6.61. The Morgan fingerprint density at radius 3 is 2.85 bits per heavy atom. The minimum Gasteiger partial charge on any atom is -0.493 e. The highest BCUT2D eigenvalue weighted by Gasteiger charge is 2.21. The number of benzene rings is 2. The van der Waals surface area contributed by atoms with E-state index < -0.39 is 0 Å². The van der Waals surface area contributed by atoms with Crippen molar-refractivity contribution in [2.45, 2.75) is 25.6 Å². The Morgan fingerprint density at radius 1 is 1.15 bits per heavy atom. The van der Waals surface area contributed by atoms with Gasteiger partial charge in [0.1, 0.15) is 5.75 Å². The van der Waals surface area contributed by atoms with Crippen LogP contribution in [-0.4, -0.2) is 22.3 Å². The minimum atomic E-state index is 0.125. The van der Waals surface area contributed by atoms with E-state index in [1.165, 1.54) is 5.56 Å². The average Bonchev–Trinajstić information content (AvgIpc) is 3.15. The van der Waals surface area contributed by atoms with E-state index in [1.807, 2.05) is 53.5 Å². The molecule has 6 nitrogen and oxygen atoms in total. The number of ether oxygens (including phenoxy) is 1. The van der Waals surface area contributed by atoms with Gasteiger partial charge in [0, 0.05) is 23.7 Å². The maximum Gasteiger partial charge on any atom is 0.189 e. The fourth-order valence-electron chi connectivity index (χ4n) is 3.24. The lowest BCUT2D eigenvalue weighted by Crippen LogP contribution is -2.37. The molecular weight excluding hydrogens is 338 g/mol. The van der Waals surface area contributed by atoms with Crippen LogP contribution in [-0.2, 0) is 13.1 Å². The molecule has 0 saturated heterocycles. The molecule has 3 N–H and O–H groups in total.